The summed E-state index contributed by atoms with van der Waals surface area (Å²) in [5.41, 5.74) is -0.596. The molecule has 9 heavy (non-hydrogen) atoms. The van der Waals surface area contributed by atoms with Gasteiger partial charge in [-0.05, 0) is 0 Å². The molecular formula is C3H6AlN3O2. The van der Waals surface area contributed by atoms with E-state index >= 15 is 0 Å². The third-order valence-electron chi connectivity index (χ3n) is 1.14. The highest BCUT2D eigenvalue weighted by Crippen LogP contribution is 1.53. The molecule has 0 spiro atoms. The Labute approximate surface area is 58.5 Å². The fourth-order valence-electron chi connectivity index (χ4n) is 0.578. The molecule has 0 saturated carbocycles. The molecule has 0 radical (unpaired) electrons. The second-order valence-corrected chi connectivity index (χ2v) is 2.71. The van der Waals surface area contributed by atoms with Crippen LogP contribution in [0.25, 0.3) is 0 Å². The Morgan fingerprint density at radius 2 is 2.11 bits per heavy atom. The lowest BCUT2D eigenvalue weighted by molar-refractivity contribution is 0.726. The fraction of sp³-hybridized carbons (Fsp3) is 0.333. The highest BCUT2D eigenvalue weighted by molar-refractivity contribution is 6.06. The Kier molecular flexibility index (Phi) is 1.35. The van der Waals surface area contributed by atoms with E-state index in [-0.39, 0.29) is 11.4 Å². The van der Waals surface area contributed by atoms with E-state index in [2.05, 4.69) is 5.10 Å². The van der Waals surface area contributed by atoms with Gasteiger partial charge in [-0.25, -0.2) is 19.4 Å². The first-order valence-electron chi connectivity index (χ1n) is 2.45. The number of H-pyrrole nitrogens is 1. The number of hydrogen-bond acceptors (Lipinski definition) is 2. The monoisotopic (exact) mass is 143 g/mol. The van der Waals surface area contributed by atoms with Gasteiger partial charge >= 0.3 is 27.9 Å². The van der Waals surface area contributed by atoms with Gasteiger partial charge in [0.15, 0.2) is 0 Å². The van der Waals surface area contributed by atoms with Gasteiger partial charge < -0.3 is 3.55 Å². The molecule has 1 heterocycles. The molecule has 1 rings (SSSR count). The zero-order valence-corrected chi connectivity index (χ0v) is 7.21. The molecule has 1 N–H and O–H groups in total. The number of rotatable bonds is 0. The summed E-state index contributed by atoms with van der Waals surface area (Å²) >= 11 is 0.439. The molecule has 1 aromatic heterocycles. The van der Waals surface area contributed by atoms with Crippen LogP contribution in [-0.2, 0) is 7.05 Å². The Morgan fingerprint density at radius 3 is 2.22 bits per heavy atom. The van der Waals surface area contributed by atoms with Crippen LogP contribution in [0.4, 0.5) is 0 Å². The quantitative estimate of drug-likeness (QED) is 0.401. The topological polar surface area (TPSA) is 59.8 Å². The van der Waals surface area contributed by atoms with Crippen LogP contribution in [-0.4, -0.2) is 29.8 Å². The summed E-state index contributed by atoms with van der Waals surface area (Å²) in [5, 5.41) is 2.32. The van der Waals surface area contributed by atoms with Crippen molar-refractivity contribution in [3.8, 4) is 0 Å². The van der Waals surface area contributed by atoms with E-state index in [4.69, 9.17) is 0 Å². The lowest BCUT2D eigenvalue weighted by Gasteiger charge is -1.80. The lowest BCUT2D eigenvalue weighted by atomic mass is 11.2. The molecule has 0 aromatic carbocycles. The van der Waals surface area contributed by atoms with Gasteiger partial charge in [-0.3, -0.25) is 0 Å². The molecule has 0 bridgehead atoms. The highest BCUT2D eigenvalue weighted by Gasteiger charge is 1.96. The van der Waals surface area contributed by atoms with Crippen LogP contribution >= 0.6 is 0 Å². The van der Waals surface area contributed by atoms with Gasteiger partial charge in [0.2, 0.25) is 0 Å². The van der Waals surface area contributed by atoms with Crippen molar-refractivity contribution in [2.75, 3.05) is 0 Å². The highest BCUT2D eigenvalue weighted by atomic mass is 27.1. The summed E-state index contributed by atoms with van der Waals surface area (Å²) in [6.45, 7) is 0. The second-order valence-electron chi connectivity index (χ2n) is 1.82. The molecule has 0 saturated heterocycles. The first-order valence-corrected chi connectivity index (χ1v) is 3.34. The van der Waals surface area contributed by atoms with Crippen molar-refractivity contribution in [1.29, 1.82) is 0 Å². The van der Waals surface area contributed by atoms with Gasteiger partial charge in [-0.2, -0.15) is 0 Å². The van der Waals surface area contributed by atoms with Crippen molar-refractivity contribution in [1.82, 2.24) is 13.3 Å². The maximum absolute atomic E-state index is 10.7. The van der Waals surface area contributed by atoms with Gasteiger partial charge in [-0.1, -0.05) is 0 Å². The molecule has 0 aliphatic heterocycles. The van der Waals surface area contributed by atoms with Crippen molar-refractivity contribution in [3.05, 3.63) is 21.0 Å². The largest absolute Gasteiger partial charge is 0.385 e. The van der Waals surface area contributed by atoms with E-state index in [0.717, 1.165) is 8.23 Å². The van der Waals surface area contributed by atoms with Crippen molar-refractivity contribution < 1.29 is 0 Å². The van der Waals surface area contributed by atoms with E-state index in [1.807, 2.05) is 0 Å². The maximum atomic E-state index is 10.7. The van der Waals surface area contributed by atoms with Gasteiger partial charge in [0, 0.05) is 7.05 Å². The predicted molar refractivity (Wildman–Crippen MR) is 34.2 cm³/mol. The summed E-state index contributed by atoms with van der Waals surface area (Å²) in [4.78, 5) is 21.3. The van der Waals surface area contributed by atoms with Crippen LogP contribution in [0.5, 0.6) is 0 Å². The first-order chi connectivity index (χ1) is 4.13. The van der Waals surface area contributed by atoms with Crippen LogP contribution < -0.4 is 11.4 Å². The number of aromatic nitrogens is 3. The maximum Gasteiger partial charge on any atom is 0.385 e. The number of hydrogen-bond donors (Lipinski definition) is 1. The molecule has 1 aromatic rings. The Hall–Kier alpha value is -0.728. The average molecular weight is 143 g/mol. The lowest BCUT2D eigenvalue weighted by Crippen LogP contribution is -2.26. The minimum atomic E-state index is -0.325. The molecular weight excluding hydrogens is 137 g/mol. The fourth-order valence-corrected chi connectivity index (χ4v) is 0.978. The van der Waals surface area contributed by atoms with E-state index in [1.165, 1.54) is 7.05 Å². The van der Waals surface area contributed by atoms with Gasteiger partial charge in [-0.15, -0.1) is 0 Å². The van der Waals surface area contributed by atoms with E-state index < -0.39 is 0 Å². The normalized spacial score (nSPS) is 9.89. The molecule has 0 aliphatic carbocycles. The van der Waals surface area contributed by atoms with E-state index in [0.29, 0.717) is 16.5 Å². The zero-order chi connectivity index (χ0) is 7.02. The SMILES string of the molecule is Cn1[nH]c(=O)[n]([AlH2])c1=O. The molecule has 0 atom stereocenters. The average Bonchev–Trinajstić information content (AvgIpc) is 1.98. The zero-order valence-electron chi connectivity index (χ0n) is 5.21. The van der Waals surface area contributed by atoms with Crippen molar-refractivity contribution in [2.24, 2.45) is 7.05 Å². The second kappa shape index (κ2) is 1.90. The number of nitrogens with one attached hydrogen (secondary N) is 1. The molecule has 0 aliphatic rings. The smallest absolute Gasteiger partial charge is 0.348 e. The molecule has 0 amide bonds. The predicted octanol–water partition coefficient (Wildman–Crippen LogP) is -2.73. The molecule has 5 nitrogen and oxygen atoms in total. The first kappa shape index (κ1) is 6.39. The van der Waals surface area contributed by atoms with Crippen LogP contribution in [0.15, 0.2) is 9.59 Å². The molecule has 6 heteroatoms. The number of aromatic amines is 1. The standard InChI is InChI=1S/C3H5N3O2.Al.2H/c1-6-3(8)4-2(7)5-6;;;/h1H3,(H2,4,5,7,8);;;/q;+1;;/p-1. The van der Waals surface area contributed by atoms with E-state index in [9.17, 15) is 9.59 Å². The third-order valence-corrected chi connectivity index (χ3v) is 1.93. The summed E-state index contributed by atoms with van der Waals surface area (Å²) in [6, 6.07) is 0. The number of nitrogens with zero attached hydrogens (tertiary/aromatic N) is 2. The van der Waals surface area contributed by atoms with Gasteiger partial charge in [0.1, 0.15) is 0 Å². The van der Waals surface area contributed by atoms with Crippen LogP contribution in [0.1, 0.15) is 0 Å². The van der Waals surface area contributed by atoms with Crippen LogP contribution in [0, 0.1) is 0 Å². The van der Waals surface area contributed by atoms with Crippen LogP contribution in [0.2, 0.25) is 0 Å². The summed E-state index contributed by atoms with van der Waals surface area (Å²) in [6.07, 6.45) is 0. The summed E-state index contributed by atoms with van der Waals surface area (Å²) < 4.78 is 2.30. The molecule has 48 valence electrons. The molecule has 0 fully saturated rings. The Balaban J connectivity index is 3.68. The van der Waals surface area contributed by atoms with Crippen molar-refractivity contribution in [3.63, 3.8) is 0 Å². The van der Waals surface area contributed by atoms with Gasteiger partial charge in [0.05, 0.1) is 0 Å². The Bertz CT molecular complexity index is 319. The summed E-state index contributed by atoms with van der Waals surface area (Å²) in [7, 11) is 1.51. The van der Waals surface area contributed by atoms with Crippen molar-refractivity contribution in [2.45, 2.75) is 0 Å². The van der Waals surface area contributed by atoms with E-state index in [1.54, 1.807) is 0 Å². The van der Waals surface area contributed by atoms with Crippen molar-refractivity contribution >= 4 is 16.5 Å². The number of aryl methyl sites for hydroxylation is 1. The minimum Gasteiger partial charge on any atom is -0.348 e. The van der Waals surface area contributed by atoms with Crippen LogP contribution in [0.3, 0.4) is 0 Å². The third kappa shape index (κ3) is 0.867. The minimum absolute atomic E-state index is 0.272. The molecule has 0 unspecified atom stereocenters. The van der Waals surface area contributed by atoms with Gasteiger partial charge in [0.25, 0.3) is 0 Å². The Morgan fingerprint density at radius 1 is 1.56 bits per heavy atom. The summed E-state index contributed by atoms with van der Waals surface area (Å²) in [5.74, 6) is 0.